The molecule has 1 aromatic carbocycles. The summed E-state index contributed by atoms with van der Waals surface area (Å²) in [7, 11) is 0. The average molecular weight is 231 g/mol. The first-order valence-corrected chi connectivity index (χ1v) is 4.57. The summed E-state index contributed by atoms with van der Waals surface area (Å²) in [5.74, 6) is -3.79. The van der Waals surface area contributed by atoms with E-state index >= 15 is 0 Å². The summed E-state index contributed by atoms with van der Waals surface area (Å²) in [6, 6.07) is 0.565. The van der Waals surface area contributed by atoms with E-state index in [0.717, 1.165) is 12.1 Å². The molecule has 0 spiro atoms. The Labute approximate surface area is 90.3 Å². The van der Waals surface area contributed by atoms with Crippen LogP contribution < -0.4 is 5.73 Å². The van der Waals surface area contributed by atoms with Crippen LogP contribution in [0.15, 0.2) is 12.1 Å². The number of phenolic OH excluding ortho intramolecular Hbond substituents is 1. The highest BCUT2D eigenvalue weighted by Crippen LogP contribution is 2.30. The van der Waals surface area contributed by atoms with Crippen LogP contribution in [0.5, 0.6) is 5.75 Å². The van der Waals surface area contributed by atoms with Crippen molar-refractivity contribution in [1.29, 1.82) is 0 Å². The minimum atomic E-state index is -1.09. The summed E-state index contributed by atoms with van der Waals surface area (Å²) < 4.78 is 26.2. The van der Waals surface area contributed by atoms with E-state index in [0.29, 0.717) is 0 Å². The van der Waals surface area contributed by atoms with Gasteiger partial charge in [-0.3, -0.25) is 4.79 Å². The Bertz CT molecular complexity index is 409. The van der Waals surface area contributed by atoms with E-state index in [1.54, 1.807) is 0 Å². The van der Waals surface area contributed by atoms with Crippen LogP contribution in [0, 0.1) is 11.6 Å². The van der Waals surface area contributed by atoms with Crippen LogP contribution in [0.25, 0.3) is 0 Å². The van der Waals surface area contributed by atoms with Gasteiger partial charge in [0.15, 0.2) is 11.6 Å². The van der Waals surface area contributed by atoms with Crippen molar-refractivity contribution in [2.45, 2.75) is 18.9 Å². The number of halogens is 2. The predicted octanol–water partition coefficient (Wildman–Crippen LogP) is 1.54. The molecule has 0 saturated carbocycles. The number of carbonyl (C=O) groups is 1. The molecule has 0 aliphatic carbocycles. The maximum absolute atomic E-state index is 13.3. The molecule has 1 atom stereocenters. The van der Waals surface area contributed by atoms with Crippen molar-refractivity contribution >= 4 is 5.97 Å². The van der Waals surface area contributed by atoms with E-state index in [4.69, 9.17) is 10.8 Å². The number of aromatic hydroxyl groups is 1. The minimum Gasteiger partial charge on any atom is -0.505 e. The topological polar surface area (TPSA) is 83.6 Å². The van der Waals surface area contributed by atoms with Gasteiger partial charge in [-0.05, 0) is 18.6 Å². The first kappa shape index (κ1) is 12.4. The maximum Gasteiger partial charge on any atom is 0.303 e. The van der Waals surface area contributed by atoms with Gasteiger partial charge in [0, 0.05) is 18.0 Å². The third-order valence-corrected chi connectivity index (χ3v) is 2.15. The van der Waals surface area contributed by atoms with Crippen LogP contribution in [-0.2, 0) is 4.79 Å². The molecule has 6 heteroatoms. The monoisotopic (exact) mass is 231 g/mol. The average Bonchev–Trinajstić information content (AvgIpc) is 2.21. The number of carboxylic acid groups (broad SMARTS) is 1. The lowest BCUT2D eigenvalue weighted by molar-refractivity contribution is -0.137. The number of benzene rings is 1. The van der Waals surface area contributed by atoms with E-state index in [2.05, 4.69) is 0 Å². The number of hydrogen-bond donors (Lipinski definition) is 3. The Morgan fingerprint density at radius 2 is 1.94 bits per heavy atom. The lowest BCUT2D eigenvalue weighted by Crippen LogP contribution is -2.14. The number of nitrogens with two attached hydrogens (primary N) is 1. The highest BCUT2D eigenvalue weighted by molar-refractivity contribution is 5.66. The van der Waals surface area contributed by atoms with E-state index in [1.807, 2.05) is 0 Å². The Kier molecular flexibility index (Phi) is 3.78. The molecule has 88 valence electrons. The molecule has 4 N–H and O–H groups in total. The molecule has 0 bridgehead atoms. The molecule has 0 fully saturated rings. The molecule has 0 aliphatic rings. The van der Waals surface area contributed by atoms with Crippen molar-refractivity contribution in [3.8, 4) is 5.75 Å². The normalized spacial score (nSPS) is 12.4. The molecule has 16 heavy (non-hydrogen) atoms. The largest absolute Gasteiger partial charge is 0.505 e. The highest BCUT2D eigenvalue weighted by atomic mass is 19.1. The molecule has 0 heterocycles. The minimum absolute atomic E-state index is 0.0801. The molecule has 1 unspecified atom stereocenters. The maximum atomic E-state index is 13.3. The first-order valence-electron chi connectivity index (χ1n) is 4.57. The standard InChI is InChI=1S/C10H11F2NO3/c11-5-1-2-6(12)10(16)9(5)7(13)3-4-8(14)15/h1-2,7,16H,3-4,13H2,(H,14,15). The number of phenols is 1. The van der Waals surface area contributed by atoms with Gasteiger partial charge in [-0.1, -0.05) is 0 Å². The van der Waals surface area contributed by atoms with Crippen LogP contribution in [0.3, 0.4) is 0 Å². The van der Waals surface area contributed by atoms with E-state index < -0.39 is 29.4 Å². The summed E-state index contributed by atoms with van der Waals surface area (Å²) in [5, 5.41) is 17.7. The fraction of sp³-hybridized carbons (Fsp3) is 0.300. The van der Waals surface area contributed by atoms with Crippen LogP contribution >= 0.6 is 0 Å². The van der Waals surface area contributed by atoms with Gasteiger partial charge in [-0.15, -0.1) is 0 Å². The summed E-state index contributed by atoms with van der Waals surface area (Å²) >= 11 is 0. The molecule has 1 rings (SSSR count). The number of aliphatic carboxylic acids is 1. The Hall–Kier alpha value is -1.69. The quantitative estimate of drug-likeness (QED) is 0.733. The summed E-state index contributed by atoms with van der Waals surface area (Å²) in [6.45, 7) is 0. The summed E-state index contributed by atoms with van der Waals surface area (Å²) in [5.41, 5.74) is 5.10. The van der Waals surface area contributed by atoms with Crippen molar-refractivity contribution in [1.82, 2.24) is 0 Å². The summed E-state index contributed by atoms with van der Waals surface area (Å²) in [4.78, 5) is 10.3. The molecule has 0 aliphatic heterocycles. The van der Waals surface area contributed by atoms with Gasteiger partial charge in [0.05, 0.1) is 0 Å². The zero-order valence-corrected chi connectivity index (χ0v) is 8.28. The van der Waals surface area contributed by atoms with Gasteiger partial charge in [-0.2, -0.15) is 0 Å². The van der Waals surface area contributed by atoms with Gasteiger partial charge in [0.1, 0.15) is 5.82 Å². The molecule has 4 nitrogen and oxygen atoms in total. The second kappa shape index (κ2) is 4.89. The molecule has 0 radical (unpaired) electrons. The first-order chi connectivity index (χ1) is 7.43. The highest BCUT2D eigenvalue weighted by Gasteiger charge is 2.19. The van der Waals surface area contributed by atoms with Crippen LogP contribution in [0.2, 0.25) is 0 Å². The van der Waals surface area contributed by atoms with Crippen LogP contribution in [0.1, 0.15) is 24.4 Å². The van der Waals surface area contributed by atoms with Gasteiger partial charge in [0.25, 0.3) is 0 Å². The van der Waals surface area contributed by atoms with Crippen LogP contribution in [-0.4, -0.2) is 16.2 Å². The second-order valence-electron chi connectivity index (χ2n) is 3.33. The van der Waals surface area contributed by atoms with E-state index in [9.17, 15) is 18.7 Å². The van der Waals surface area contributed by atoms with Crippen molar-refractivity contribution in [3.05, 3.63) is 29.3 Å². The van der Waals surface area contributed by atoms with Gasteiger partial charge >= 0.3 is 5.97 Å². The van der Waals surface area contributed by atoms with Gasteiger partial charge in [-0.25, -0.2) is 8.78 Å². The summed E-state index contributed by atoms with van der Waals surface area (Å²) in [6.07, 6.45) is -0.361. The molecular weight excluding hydrogens is 220 g/mol. The van der Waals surface area contributed by atoms with E-state index in [-0.39, 0.29) is 18.4 Å². The molecule has 0 amide bonds. The predicted molar refractivity (Wildman–Crippen MR) is 51.8 cm³/mol. The fourth-order valence-corrected chi connectivity index (χ4v) is 1.33. The molecule has 0 aromatic heterocycles. The van der Waals surface area contributed by atoms with Crippen molar-refractivity contribution in [3.63, 3.8) is 0 Å². The Morgan fingerprint density at radius 1 is 1.38 bits per heavy atom. The zero-order valence-electron chi connectivity index (χ0n) is 8.28. The van der Waals surface area contributed by atoms with Crippen molar-refractivity contribution in [2.75, 3.05) is 0 Å². The SMILES string of the molecule is NC(CCC(=O)O)c1c(F)ccc(F)c1O. The molecular formula is C10H11F2NO3. The number of rotatable bonds is 4. The van der Waals surface area contributed by atoms with Crippen LogP contribution in [0.4, 0.5) is 8.78 Å². The fourth-order valence-electron chi connectivity index (χ4n) is 1.33. The number of carboxylic acids is 1. The Morgan fingerprint density at radius 3 is 2.50 bits per heavy atom. The lowest BCUT2D eigenvalue weighted by atomic mass is 10.0. The third-order valence-electron chi connectivity index (χ3n) is 2.15. The zero-order chi connectivity index (χ0) is 12.3. The van der Waals surface area contributed by atoms with Crippen molar-refractivity contribution < 1.29 is 23.8 Å². The van der Waals surface area contributed by atoms with E-state index in [1.165, 1.54) is 0 Å². The molecule has 1 aromatic rings. The lowest BCUT2D eigenvalue weighted by Gasteiger charge is -2.13. The smallest absolute Gasteiger partial charge is 0.303 e. The number of hydrogen-bond acceptors (Lipinski definition) is 3. The molecule has 0 saturated heterocycles. The van der Waals surface area contributed by atoms with Crippen molar-refractivity contribution in [2.24, 2.45) is 5.73 Å². The van der Waals surface area contributed by atoms with Gasteiger partial charge < -0.3 is 15.9 Å². The van der Waals surface area contributed by atoms with Gasteiger partial charge in [0.2, 0.25) is 0 Å². The Balaban J connectivity index is 2.94. The second-order valence-corrected chi connectivity index (χ2v) is 3.33. The third kappa shape index (κ3) is 2.66.